The third-order valence-electron chi connectivity index (χ3n) is 1.77. The van der Waals surface area contributed by atoms with E-state index in [0.29, 0.717) is 0 Å². The largest absolute Gasteiger partial charge is 0.467 e. The van der Waals surface area contributed by atoms with E-state index in [4.69, 9.17) is 30.6 Å². The van der Waals surface area contributed by atoms with Crippen LogP contribution < -0.4 is 0 Å². The van der Waals surface area contributed by atoms with Crippen molar-refractivity contribution in [2.45, 2.75) is 30.7 Å². The third kappa shape index (κ3) is 3.70. The van der Waals surface area contributed by atoms with E-state index in [1.807, 2.05) is 0 Å². The fourth-order valence-corrected chi connectivity index (χ4v) is 0.825. The van der Waals surface area contributed by atoms with E-state index in [2.05, 4.69) is 4.74 Å². The van der Waals surface area contributed by atoms with E-state index in [-0.39, 0.29) is 0 Å². The molecule has 0 aliphatic rings. The number of rotatable bonds is 5. The quantitative estimate of drug-likeness (QED) is 0.205. The molecular formula is C7H14O8. The van der Waals surface area contributed by atoms with Crippen LogP contribution in [0.2, 0.25) is 0 Å². The van der Waals surface area contributed by atoms with Crippen molar-refractivity contribution < 1.29 is 40.2 Å². The van der Waals surface area contributed by atoms with Gasteiger partial charge in [-0.25, -0.2) is 4.79 Å². The van der Waals surface area contributed by atoms with Crippen molar-refractivity contribution in [3.63, 3.8) is 0 Å². The van der Waals surface area contributed by atoms with Crippen molar-refractivity contribution in [3.05, 3.63) is 0 Å². The number of methoxy groups -OCH3 is 1. The van der Waals surface area contributed by atoms with Crippen molar-refractivity contribution in [2.75, 3.05) is 7.11 Å². The summed E-state index contributed by atoms with van der Waals surface area (Å²) in [7, 11) is 0.946. The molecule has 8 nitrogen and oxygen atoms in total. The van der Waals surface area contributed by atoms with Gasteiger partial charge in [-0.05, 0) is 0 Å². The maximum Gasteiger partial charge on any atom is 0.337 e. The molecule has 0 aromatic heterocycles. The minimum Gasteiger partial charge on any atom is -0.467 e. The van der Waals surface area contributed by atoms with Gasteiger partial charge in [0.15, 0.2) is 12.4 Å². The van der Waals surface area contributed by atoms with Crippen molar-refractivity contribution in [3.8, 4) is 0 Å². The van der Waals surface area contributed by atoms with E-state index >= 15 is 0 Å². The van der Waals surface area contributed by atoms with Gasteiger partial charge in [-0.1, -0.05) is 0 Å². The summed E-state index contributed by atoms with van der Waals surface area (Å²) in [6, 6.07) is 0. The van der Waals surface area contributed by atoms with E-state index in [9.17, 15) is 4.79 Å². The molecule has 0 spiro atoms. The molecule has 0 radical (unpaired) electrons. The predicted octanol–water partition coefficient (Wildman–Crippen LogP) is -4.09. The van der Waals surface area contributed by atoms with Crippen LogP contribution in [0.1, 0.15) is 0 Å². The molecule has 0 aromatic rings. The van der Waals surface area contributed by atoms with Gasteiger partial charge < -0.3 is 35.4 Å². The third-order valence-corrected chi connectivity index (χ3v) is 1.77. The van der Waals surface area contributed by atoms with Crippen LogP contribution >= 0.6 is 0 Å². The number of hydrogen-bond acceptors (Lipinski definition) is 8. The summed E-state index contributed by atoms with van der Waals surface area (Å²) in [6.07, 6.45) is -10.7. The molecule has 0 aliphatic heterocycles. The molecular weight excluding hydrogens is 212 g/mol. The molecule has 0 heterocycles. The molecule has 0 amide bonds. The second-order valence-corrected chi connectivity index (χ2v) is 2.85. The normalized spacial score (nSPS) is 19.5. The van der Waals surface area contributed by atoms with Gasteiger partial charge in [0.2, 0.25) is 0 Å². The summed E-state index contributed by atoms with van der Waals surface area (Å²) < 4.78 is 4.06. The highest BCUT2D eigenvalue weighted by Gasteiger charge is 2.37. The number of hydrogen-bond donors (Lipinski definition) is 6. The number of carbonyl (C=O) groups excluding carboxylic acids is 1. The van der Waals surface area contributed by atoms with E-state index in [1.54, 1.807) is 0 Å². The van der Waals surface area contributed by atoms with Crippen molar-refractivity contribution in [1.29, 1.82) is 0 Å². The molecule has 0 aliphatic carbocycles. The SMILES string of the molecule is COC(=O)C(O)C(O)C(O)C(O)C(O)O. The zero-order valence-corrected chi connectivity index (χ0v) is 7.89. The first-order valence-electron chi connectivity index (χ1n) is 3.99. The number of aliphatic hydroxyl groups is 6. The topological polar surface area (TPSA) is 148 Å². The Labute approximate surface area is 85.0 Å². The van der Waals surface area contributed by atoms with Gasteiger partial charge in [0.05, 0.1) is 7.11 Å². The molecule has 0 saturated carbocycles. The Hall–Kier alpha value is -0.770. The lowest BCUT2D eigenvalue weighted by atomic mass is 10.0. The highest BCUT2D eigenvalue weighted by Crippen LogP contribution is 2.08. The van der Waals surface area contributed by atoms with Gasteiger partial charge in [0.25, 0.3) is 0 Å². The smallest absolute Gasteiger partial charge is 0.337 e. The summed E-state index contributed by atoms with van der Waals surface area (Å²) in [5, 5.41) is 53.0. The van der Waals surface area contributed by atoms with Crippen LogP contribution in [0.15, 0.2) is 0 Å². The monoisotopic (exact) mass is 226 g/mol. The zero-order chi connectivity index (χ0) is 12.2. The van der Waals surface area contributed by atoms with Gasteiger partial charge in [-0.3, -0.25) is 0 Å². The molecule has 0 aromatic carbocycles. The second-order valence-electron chi connectivity index (χ2n) is 2.85. The van der Waals surface area contributed by atoms with Gasteiger partial charge in [-0.15, -0.1) is 0 Å². The zero-order valence-electron chi connectivity index (χ0n) is 7.89. The number of aliphatic hydroxyl groups excluding tert-OH is 5. The Morgan fingerprint density at radius 1 is 0.933 bits per heavy atom. The number of ether oxygens (including phenoxy) is 1. The molecule has 0 rings (SSSR count). The van der Waals surface area contributed by atoms with Crippen LogP contribution in [0.3, 0.4) is 0 Å². The summed E-state index contributed by atoms with van der Waals surface area (Å²) in [5.41, 5.74) is 0. The molecule has 4 unspecified atom stereocenters. The Morgan fingerprint density at radius 3 is 1.73 bits per heavy atom. The lowest BCUT2D eigenvalue weighted by Gasteiger charge is -2.25. The number of esters is 1. The lowest BCUT2D eigenvalue weighted by Crippen LogP contribution is -2.51. The fourth-order valence-electron chi connectivity index (χ4n) is 0.825. The summed E-state index contributed by atoms with van der Waals surface area (Å²) in [5.74, 6) is -1.22. The first-order chi connectivity index (χ1) is 6.82. The molecule has 0 bridgehead atoms. The summed E-state index contributed by atoms with van der Waals surface area (Å²) in [4.78, 5) is 10.7. The Bertz CT molecular complexity index is 205. The molecule has 4 atom stereocenters. The maximum atomic E-state index is 10.7. The van der Waals surface area contributed by atoms with Crippen LogP contribution in [-0.2, 0) is 9.53 Å². The first-order valence-corrected chi connectivity index (χ1v) is 3.99. The van der Waals surface area contributed by atoms with Gasteiger partial charge >= 0.3 is 5.97 Å². The van der Waals surface area contributed by atoms with Crippen LogP contribution in [0.25, 0.3) is 0 Å². The predicted molar refractivity (Wildman–Crippen MR) is 44.3 cm³/mol. The maximum absolute atomic E-state index is 10.7. The highest BCUT2D eigenvalue weighted by atomic mass is 16.5. The summed E-state index contributed by atoms with van der Waals surface area (Å²) >= 11 is 0. The molecule has 90 valence electrons. The molecule has 8 heteroatoms. The fraction of sp³-hybridized carbons (Fsp3) is 0.857. The standard InChI is InChI=1S/C7H14O8/c1-15-7(14)5(11)3(9)2(8)4(10)6(12)13/h2-6,8-13H,1H3. The van der Waals surface area contributed by atoms with Crippen molar-refractivity contribution in [1.82, 2.24) is 0 Å². The molecule has 0 fully saturated rings. The van der Waals surface area contributed by atoms with Crippen LogP contribution in [0, 0.1) is 0 Å². The van der Waals surface area contributed by atoms with Gasteiger partial charge in [-0.2, -0.15) is 0 Å². The Kier molecular flexibility index (Phi) is 5.65. The average Bonchev–Trinajstić information content (AvgIpc) is 2.23. The first kappa shape index (κ1) is 14.2. The Balaban J connectivity index is 4.43. The minimum absolute atomic E-state index is 0.946. The Morgan fingerprint density at radius 2 is 1.40 bits per heavy atom. The van der Waals surface area contributed by atoms with Crippen molar-refractivity contribution >= 4 is 5.97 Å². The molecule has 0 saturated heterocycles. The van der Waals surface area contributed by atoms with Crippen molar-refractivity contribution in [2.24, 2.45) is 0 Å². The van der Waals surface area contributed by atoms with E-state index < -0.39 is 36.7 Å². The van der Waals surface area contributed by atoms with E-state index in [0.717, 1.165) is 7.11 Å². The number of carbonyl (C=O) groups is 1. The van der Waals surface area contributed by atoms with Crippen LogP contribution in [-0.4, -0.2) is 74.4 Å². The minimum atomic E-state index is -2.31. The molecule has 6 N–H and O–H groups in total. The summed E-state index contributed by atoms with van der Waals surface area (Å²) in [6.45, 7) is 0. The highest BCUT2D eigenvalue weighted by molar-refractivity contribution is 5.75. The molecule has 15 heavy (non-hydrogen) atoms. The lowest BCUT2D eigenvalue weighted by molar-refractivity contribution is -0.195. The second kappa shape index (κ2) is 5.95. The van der Waals surface area contributed by atoms with Crippen LogP contribution in [0.4, 0.5) is 0 Å². The van der Waals surface area contributed by atoms with Crippen LogP contribution in [0.5, 0.6) is 0 Å². The van der Waals surface area contributed by atoms with Gasteiger partial charge in [0, 0.05) is 0 Å². The van der Waals surface area contributed by atoms with E-state index in [1.165, 1.54) is 0 Å². The average molecular weight is 226 g/mol. The van der Waals surface area contributed by atoms with Gasteiger partial charge in [0.1, 0.15) is 18.3 Å².